The molecule has 0 aromatic heterocycles. The summed E-state index contributed by atoms with van der Waals surface area (Å²) in [4.78, 5) is 31.7. The Bertz CT molecular complexity index is 1590. The van der Waals surface area contributed by atoms with Crippen LogP contribution in [0.2, 0.25) is 10.0 Å². The molecule has 0 spiro atoms. The van der Waals surface area contributed by atoms with Gasteiger partial charge in [0.05, 0.1) is 28.0 Å². The first-order valence-electron chi connectivity index (χ1n) is 19.8. The monoisotopic (exact) mass is 775 g/mol. The van der Waals surface area contributed by atoms with Crippen LogP contribution in [0.15, 0.2) is 97.2 Å². The number of hydrogen-bond donors (Lipinski definition) is 0. The highest BCUT2D eigenvalue weighted by Crippen LogP contribution is 2.33. The van der Waals surface area contributed by atoms with Crippen LogP contribution in [0.1, 0.15) is 89.5 Å². The van der Waals surface area contributed by atoms with E-state index in [1.165, 1.54) is 6.42 Å². The van der Waals surface area contributed by atoms with Crippen LogP contribution in [0.5, 0.6) is 5.75 Å². The highest BCUT2D eigenvalue weighted by molar-refractivity contribution is 6.43. The number of nitrogens with zero attached hydrogens (tertiary/aromatic N) is 3. The van der Waals surface area contributed by atoms with Crippen LogP contribution >= 0.6 is 23.2 Å². The van der Waals surface area contributed by atoms with Crippen molar-refractivity contribution >= 4 is 46.5 Å². The number of benzene rings is 2. The summed E-state index contributed by atoms with van der Waals surface area (Å²) in [6.07, 6.45) is 32.9. The molecule has 1 fully saturated rings. The minimum Gasteiger partial charge on any atom is -0.494 e. The number of carbonyl (C=O) groups excluding carboxylic acids is 2. The minimum absolute atomic E-state index is 0.0423. The standard InChI is InChI=1S/C45H59Cl2N3O4/c1-2-3-4-5-6-7-8-9-10-11-12-13-14-15-16-17-18-19-25-44(52)54-37-50-42-36-39(28-26-38(42)27-29-43(50)51)53-35-21-20-30-48-31-33-49(34-32-48)41-24-22-23-40(46)45(41)47/h4-5,7-8,10-11,13-14,16-17,22-24,26,28,36H,2-3,6,9,12,15,18-21,25,27,29-35,37H2,1H3/b5-4-,8-7-,11-10-,14-13-,17-16-. The van der Waals surface area contributed by atoms with Gasteiger partial charge in [-0.1, -0.05) is 109 Å². The lowest BCUT2D eigenvalue weighted by molar-refractivity contribution is -0.144. The molecule has 0 aliphatic carbocycles. The van der Waals surface area contributed by atoms with Gasteiger partial charge in [0, 0.05) is 45.1 Å². The second kappa shape index (κ2) is 25.3. The fourth-order valence-electron chi connectivity index (χ4n) is 6.38. The normalized spacial score (nSPS) is 15.5. The van der Waals surface area contributed by atoms with E-state index in [-0.39, 0.29) is 18.6 Å². The lowest BCUT2D eigenvalue weighted by Crippen LogP contribution is -2.46. The molecule has 2 aromatic carbocycles. The molecule has 292 valence electrons. The quantitative estimate of drug-likeness (QED) is 0.0636. The summed E-state index contributed by atoms with van der Waals surface area (Å²) in [5.41, 5.74) is 2.83. The van der Waals surface area contributed by atoms with Gasteiger partial charge in [0.2, 0.25) is 5.91 Å². The van der Waals surface area contributed by atoms with Crippen molar-refractivity contribution in [3.8, 4) is 5.75 Å². The number of carbonyl (C=O) groups is 2. The van der Waals surface area contributed by atoms with E-state index in [2.05, 4.69) is 77.5 Å². The highest BCUT2D eigenvalue weighted by Gasteiger charge is 2.26. The van der Waals surface area contributed by atoms with Crippen LogP contribution < -0.4 is 14.5 Å². The van der Waals surface area contributed by atoms with Gasteiger partial charge in [-0.25, -0.2) is 0 Å². The third kappa shape index (κ3) is 15.5. The lowest BCUT2D eigenvalue weighted by atomic mass is 10.0. The summed E-state index contributed by atoms with van der Waals surface area (Å²) in [6, 6.07) is 11.7. The average Bonchev–Trinajstić information content (AvgIpc) is 3.18. The molecule has 1 saturated heterocycles. The van der Waals surface area contributed by atoms with Gasteiger partial charge in [-0.15, -0.1) is 0 Å². The van der Waals surface area contributed by atoms with Gasteiger partial charge in [-0.3, -0.25) is 19.4 Å². The van der Waals surface area contributed by atoms with Crippen molar-refractivity contribution in [3.63, 3.8) is 0 Å². The molecule has 54 heavy (non-hydrogen) atoms. The number of allylic oxidation sites excluding steroid dienone is 10. The number of esters is 1. The second-order valence-corrected chi connectivity index (χ2v) is 14.5. The fraction of sp³-hybridized carbons (Fsp3) is 0.467. The molecule has 0 saturated carbocycles. The van der Waals surface area contributed by atoms with Gasteiger partial charge >= 0.3 is 5.97 Å². The molecule has 0 radical (unpaired) electrons. The topological polar surface area (TPSA) is 62.3 Å². The Morgan fingerprint density at radius 2 is 1.43 bits per heavy atom. The third-order valence-electron chi connectivity index (χ3n) is 9.52. The highest BCUT2D eigenvalue weighted by atomic mass is 35.5. The minimum atomic E-state index is -0.292. The molecular weight excluding hydrogens is 717 g/mol. The van der Waals surface area contributed by atoms with Crippen molar-refractivity contribution < 1.29 is 19.1 Å². The van der Waals surface area contributed by atoms with Gasteiger partial charge in [0.1, 0.15) is 5.75 Å². The van der Waals surface area contributed by atoms with Gasteiger partial charge in [-0.05, 0) is 94.5 Å². The SMILES string of the molecule is CCC/C=C\C/C=C\C/C=C\C/C=C\C/C=C\CCCC(=O)OCN1C(=O)CCc2ccc(OCCCCN3CCN(c4cccc(Cl)c4Cl)CC3)cc21. The smallest absolute Gasteiger partial charge is 0.307 e. The zero-order chi connectivity index (χ0) is 38.2. The van der Waals surface area contributed by atoms with E-state index in [1.54, 1.807) is 4.90 Å². The molecule has 0 unspecified atom stereocenters. The zero-order valence-corrected chi connectivity index (χ0v) is 33.6. The summed E-state index contributed by atoms with van der Waals surface area (Å²) in [7, 11) is 0. The molecular formula is C45H59Cl2N3O4. The molecule has 2 heterocycles. The molecule has 0 atom stereocenters. The van der Waals surface area contributed by atoms with E-state index < -0.39 is 0 Å². The summed E-state index contributed by atoms with van der Waals surface area (Å²) in [5, 5.41) is 1.21. The summed E-state index contributed by atoms with van der Waals surface area (Å²) in [6.45, 7) is 7.52. The van der Waals surface area contributed by atoms with Gasteiger partial charge in [0.15, 0.2) is 6.73 Å². The van der Waals surface area contributed by atoms with E-state index in [9.17, 15) is 9.59 Å². The van der Waals surface area contributed by atoms with Crippen LogP contribution in [-0.2, 0) is 20.7 Å². The molecule has 2 aliphatic heterocycles. The Morgan fingerprint density at radius 3 is 2.11 bits per heavy atom. The molecule has 4 rings (SSSR count). The average molecular weight is 777 g/mol. The predicted octanol–water partition coefficient (Wildman–Crippen LogP) is 11.1. The van der Waals surface area contributed by atoms with Crippen LogP contribution in [0.4, 0.5) is 11.4 Å². The molecule has 2 aliphatic rings. The van der Waals surface area contributed by atoms with E-state index >= 15 is 0 Å². The maximum atomic E-state index is 12.8. The molecule has 1 amide bonds. The van der Waals surface area contributed by atoms with E-state index in [4.69, 9.17) is 32.7 Å². The summed E-state index contributed by atoms with van der Waals surface area (Å²) in [5.74, 6) is 0.387. The van der Waals surface area contributed by atoms with E-state index in [0.29, 0.717) is 42.3 Å². The molecule has 0 bridgehead atoms. The number of unbranched alkanes of at least 4 members (excludes halogenated alkanes) is 3. The first kappa shape index (κ1) is 43.0. The maximum Gasteiger partial charge on any atom is 0.307 e. The first-order valence-corrected chi connectivity index (χ1v) is 20.6. The third-order valence-corrected chi connectivity index (χ3v) is 10.3. The fourth-order valence-corrected chi connectivity index (χ4v) is 6.80. The Hall–Kier alpha value is -3.78. The number of amides is 1. The van der Waals surface area contributed by atoms with Crippen LogP contribution in [0.3, 0.4) is 0 Å². The van der Waals surface area contributed by atoms with Crippen molar-refractivity contribution in [2.24, 2.45) is 0 Å². The number of halogens is 2. The van der Waals surface area contributed by atoms with Gasteiger partial charge in [-0.2, -0.15) is 0 Å². The van der Waals surface area contributed by atoms with Crippen molar-refractivity contribution in [1.82, 2.24) is 4.90 Å². The predicted molar refractivity (Wildman–Crippen MR) is 226 cm³/mol. The van der Waals surface area contributed by atoms with Crippen LogP contribution in [0, 0.1) is 0 Å². The van der Waals surface area contributed by atoms with Gasteiger partial charge < -0.3 is 14.4 Å². The van der Waals surface area contributed by atoms with Crippen LogP contribution in [-0.4, -0.2) is 62.8 Å². The van der Waals surface area contributed by atoms with Crippen molar-refractivity contribution in [1.29, 1.82) is 0 Å². The van der Waals surface area contributed by atoms with Crippen LogP contribution in [0.25, 0.3) is 0 Å². The number of hydrogen-bond acceptors (Lipinski definition) is 6. The Morgan fingerprint density at radius 1 is 0.759 bits per heavy atom. The summed E-state index contributed by atoms with van der Waals surface area (Å²) >= 11 is 12.6. The maximum absolute atomic E-state index is 12.8. The van der Waals surface area contributed by atoms with Gasteiger partial charge in [0.25, 0.3) is 0 Å². The van der Waals surface area contributed by atoms with E-state index in [0.717, 1.165) is 107 Å². The Balaban J connectivity index is 1.06. The number of ether oxygens (including phenoxy) is 2. The van der Waals surface area contributed by atoms with Crippen molar-refractivity contribution in [3.05, 3.63) is 113 Å². The number of aryl methyl sites for hydroxylation is 1. The molecule has 0 N–H and O–H groups in total. The molecule has 9 heteroatoms. The largest absolute Gasteiger partial charge is 0.494 e. The van der Waals surface area contributed by atoms with Crippen molar-refractivity contribution in [2.75, 3.05) is 55.9 Å². The first-order chi connectivity index (χ1) is 26.5. The lowest BCUT2D eigenvalue weighted by Gasteiger charge is -2.36. The zero-order valence-electron chi connectivity index (χ0n) is 32.1. The Labute approximate surface area is 334 Å². The Kier molecular flexibility index (Phi) is 20.1. The van der Waals surface area contributed by atoms with E-state index in [1.807, 2.05) is 36.4 Å². The number of rotatable bonds is 23. The molecule has 2 aromatic rings. The number of anilines is 2. The molecule has 7 nitrogen and oxygen atoms in total. The second-order valence-electron chi connectivity index (χ2n) is 13.7. The number of piperazine rings is 1. The van der Waals surface area contributed by atoms with Crippen molar-refractivity contribution in [2.45, 2.75) is 90.4 Å². The summed E-state index contributed by atoms with van der Waals surface area (Å²) < 4.78 is 11.7. The number of fused-ring (bicyclic) bond motifs is 1.